The van der Waals surface area contributed by atoms with Crippen LogP contribution in [0.25, 0.3) is 22.3 Å². The maximum atomic E-state index is 14.7. The number of piperidine rings is 2. The first kappa shape index (κ1) is 31.2. The Labute approximate surface area is 291 Å². The number of aromatic amines is 1. The number of hydrogen-bond acceptors (Lipinski definition) is 7. The first-order valence-electron chi connectivity index (χ1n) is 18.2. The molecule has 258 valence electrons. The van der Waals surface area contributed by atoms with Gasteiger partial charge in [0, 0.05) is 74.2 Å². The smallest absolute Gasteiger partial charge is 0.251 e. The van der Waals surface area contributed by atoms with Crippen molar-refractivity contribution >= 4 is 45.9 Å². The van der Waals surface area contributed by atoms with Gasteiger partial charge in [-0.05, 0) is 93.2 Å². The summed E-state index contributed by atoms with van der Waals surface area (Å²) in [4.78, 5) is 59.1. The molecule has 2 aliphatic carbocycles. The van der Waals surface area contributed by atoms with Crippen molar-refractivity contribution in [3.63, 3.8) is 0 Å². The zero-order valence-corrected chi connectivity index (χ0v) is 29.0. The molecule has 11 heteroatoms. The van der Waals surface area contributed by atoms with Gasteiger partial charge in [-0.3, -0.25) is 19.3 Å². The SMILES string of the molecule is CNC(=O)c1cc(Nc2nc(-c3ccc4c(c3)N(C3CC(N5C[C@H]6CC[C@@H]5C6)C3)C(=O)C43CCN(C(C)=O)CC3)cc3[nH]cnc23)ccc1C. The summed E-state index contributed by atoms with van der Waals surface area (Å²) >= 11 is 0. The Morgan fingerprint density at radius 2 is 1.80 bits per heavy atom. The summed E-state index contributed by atoms with van der Waals surface area (Å²) in [6.07, 6.45) is 8.99. The van der Waals surface area contributed by atoms with Crippen LogP contribution in [-0.4, -0.2) is 87.3 Å². The average molecular weight is 673 g/mol. The molecular formula is C39H44N8O3. The van der Waals surface area contributed by atoms with Gasteiger partial charge in [-0.2, -0.15) is 0 Å². The van der Waals surface area contributed by atoms with Crippen LogP contribution in [-0.2, 0) is 15.0 Å². The second-order valence-corrected chi connectivity index (χ2v) is 15.2. The van der Waals surface area contributed by atoms with Gasteiger partial charge in [-0.25, -0.2) is 9.97 Å². The number of carbonyl (C=O) groups is 3. The number of amides is 3. The van der Waals surface area contributed by atoms with E-state index in [1.54, 1.807) is 20.3 Å². The number of pyridine rings is 1. The molecule has 4 fully saturated rings. The highest BCUT2D eigenvalue weighted by atomic mass is 16.2. The van der Waals surface area contributed by atoms with E-state index >= 15 is 0 Å². The van der Waals surface area contributed by atoms with E-state index < -0.39 is 5.41 Å². The minimum atomic E-state index is -0.612. The zero-order valence-electron chi connectivity index (χ0n) is 29.0. The Morgan fingerprint density at radius 3 is 2.52 bits per heavy atom. The predicted molar refractivity (Wildman–Crippen MR) is 192 cm³/mol. The molecule has 2 aromatic carbocycles. The fourth-order valence-electron chi connectivity index (χ4n) is 9.65. The van der Waals surface area contributed by atoms with E-state index in [4.69, 9.17) is 4.98 Å². The van der Waals surface area contributed by atoms with Crippen molar-refractivity contribution in [2.24, 2.45) is 5.92 Å². The van der Waals surface area contributed by atoms with Crippen LogP contribution in [0.3, 0.4) is 0 Å². The summed E-state index contributed by atoms with van der Waals surface area (Å²) in [6.45, 7) is 5.93. The van der Waals surface area contributed by atoms with Crippen molar-refractivity contribution < 1.29 is 14.4 Å². The largest absolute Gasteiger partial charge is 0.355 e. The highest BCUT2D eigenvalue weighted by Crippen LogP contribution is 2.53. The Morgan fingerprint density at radius 1 is 0.980 bits per heavy atom. The number of aryl methyl sites for hydroxylation is 1. The molecule has 2 saturated carbocycles. The van der Waals surface area contributed by atoms with Crippen molar-refractivity contribution in [1.82, 2.24) is 30.1 Å². The number of hydrogen-bond donors (Lipinski definition) is 3. The van der Waals surface area contributed by atoms with Crippen LogP contribution in [0.1, 0.15) is 73.4 Å². The van der Waals surface area contributed by atoms with E-state index in [1.165, 1.54) is 25.8 Å². The number of aromatic nitrogens is 3. The minimum Gasteiger partial charge on any atom is -0.355 e. The molecule has 50 heavy (non-hydrogen) atoms. The first-order valence-corrected chi connectivity index (χ1v) is 18.2. The maximum absolute atomic E-state index is 14.7. The van der Waals surface area contributed by atoms with Crippen LogP contribution >= 0.6 is 0 Å². The predicted octanol–water partition coefficient (Wildman–Crippen LogP) is 5.28. The van der Waals surface area contributed by atoms with Crippen molar-refractivity contribution in [2.45, 2.75) is 82.3 Å². The van der Waals surface area contributed by atoms with Gasteiger partial charge in [0.15, 0.2) is 5.82 Å². The normalized spacial score (nSPS) is 25.3. The van der Waals surface area contributed by atoms with E-state index in [0.717, 1.165) is 64.1 Å². The van der Waals surface area contributed by atoms with Gasteiger partial charge in [-0.15, -0.1) is 0 Å². The number of fused-ring (bicyclic) bond motifs is 5. The maximum Gasteiger partial charge on any atom is 0.251 e. The molecule has 0 radical (unpaired) electrons. The molecule has 1 spiro atoms. The van der Waals surface area contributed by atoms with E-state index in [-0.39, 0.29) is 23.8 Å². The number of rotatable bonds is 6. The van der Waals surface area contributed by atoms with Crippen LogP contribution in [0, 0.1) is 12.8 Å². The average Bonchev–Trinajstić information content (AvgIpc) is 3.90. The minimum absolute atomic E-state index is 0.0691. The zero-order chi connectivity index (χ0) is 34.3. The van der Waals surface area contributed by atoms with Crippen LogP contribution in [0.15, 0.2) is 48.8 Å². The number of nitrogens with one attached hydrogen (secondary N) is 3. The van der Waals surface area contributed by atoms with Gasteiger partial charge < -0.3 is 25.4 Å². The quantitative estimate of drug-likeness (QED) is 0.255. The van der Waals surface area contributed by atoms with E-state index in [9.17, 15) is 14.4 Å². The molecule has 3 amide bonds. The molecule has 9 rings (SSSR count). The lowest BCUT2D eigenvalue weighted by atomic mass is 9.73. The number of carbonyl (C=O) groups excluding carboxylic acids is 3. The Kier molecular flexibility index (Phi) is 7.28. The lowest BCUT2D eigenvalue weighted by molar-refractivity contribution is -0.134. The Balaban J connectivity index is 1.07. The van der Waals surface area contributed by atoms with Crippen molar-refractivity contribution in [2.75, 3.05) is 36.9 Å². The second-order valence-electron chi connectivity index (χ2n) is 15.2. The summed E-state index contributed by atoms with van der Waals surface area (Å²) in [5, 5.41) is 6.14. The second kappa shape index (κ2) is 11.7. The number of imidazole rings is 1. The standard InChI is InChI=1S/C39H44N8O3/c1-22-4-7-26(16-30(22)37(49)40-3)43-36-35-33(41-21-42-35)19-32(44-36)25-6-9-31-34(15-25)47(38(50)39(31)10-12-45(13-11-39)23(2)48)29-17-28(18-29)46-20-24-5-8-27(46)14-24/h4,6-7,9,15-16,19,21,24,27-29H,5,8,10-14,17-18,20H2,1-3H3,(H,40,49)(H,41,42)(H,43,44)/t24-,27+,28?,29?/m0/s1. The summed E-state index contributed by atoms with van der Waals surface area (Å²) in [6, 6.07) is 15.5. The number of likely N-dealkylation sites (tertiary alicyclic amines) is 2. The molecule has 5 heterocycles. The highest BCUT2D eigenvalue weighted by Gasteiger charge is 2.56. The molecule has 2 bridgehead atoms. The van der Waals surface area contributed by atoms with Gasteiger partial charge in [-0.1, -0.05) is 18.2 Å². The van der Waals surface area contributed by atoms with E-state index in [1.807, 2.05) is 36.1 Å². The number of benzene rings is 2. The summed E-state index contributed by atoms with van der Waals surface area (Å²) in [5.74, 6) is 1.55. The molecule has 2 atom stereocenters. The monoisotopic (exact) mass is 672 g/mol. The lowest BCUT2D eigenvalue weighted by Gasteiger charge is -2.48. The summed E-state index contributed by atoms with van der Waals surface area (Å²) < 4.78 is 0. The summed E-state index contributed by atoms with van der Waals surface area (Å²) in [7, 11) is 1.63. The molecule has 5 aliphatic rings. The Hall–Kier alpha value is -4.77. The molecule has 0 unspecified atom stereocenters. The molecule has 4 aromatic rings. The van der Waals surface area contributed by atoms with Crippen LogP contribution < -0.4 is 15.5 Å². The third-order valence-corrected chi connectivity index (χ3v) is 12.5. The summed E-state index contributed by atoms with van der Waals surface area (Å²) in [5.41, 5.74) is 6.87. The third kappa shape index (κ3) is 4.84. The molecule has 3 aliphatic heterocycles. The molecule has 2 saturated heterocycles. The van der Waals surface area contributed by atoms with Crippen molar-refractivity contribution in [3.05, 3.63) is 65.5 Å². The fourth-order valence-corrected chi connectivity index (χ4v) is 9.65. The first-order chi connectivity index (χ1) is 24.2. The number of nitrogens with zero attached hydrogens (tertiary/aromatic N) is 5. The van der Waals surface area contributed by atoms with Gasteiger partial charge in [0.2, 0.25) is 11.8 Å². The fraction of sp³-hybridized carbons (Fsp3) is 0.462. The number of anilines is 3. The van der Waals surface area contributed by atoms with Crippen molar-refractivity contribution in [3.8, 4) is 11.3 Å². The van der Waals surface area contributed by atoms with Crippen LogP contribution in [0.4, 0.5) is 17.2 Å². The molecular weight excluding hydrogens is 628 g/mol. The molecule has 11 nitrogen and oxygen atoms in total. The van der Waals surface area contributed by atoms with Crippen LogP contribution in [0.2, 0.25) is 0 Å². The van der Waals surface area contributed by atoms with Gasteiger partial charge in [0.25, 0.3) is 5.91 Å². The van der Waals surface area contributed by atoms with Gasteiger partial charge in [0.05, 0.1) is 23.0 Å². The molecule has 3 N–H and O–H groups in total. The van der Waals surface area contributed by atoms with E-state index in [0.29, 0.717) is 48.9 Å². The molecule has 2 aromatic heterocycles. The lowest BCUT2D eigenvalue weighted by Crippen LogP contribution is -2.58. The van der Waals surface area contributed by atoms with Crippen LogP contribution in [0.5, 0.6) is 0 Å². The third-order valence-electron chi connectivity index (χ3n) is 12.5. The Bertz CT molecular complexity index is 2040. The van der Waals surface area contributed by atoms with E-state index in [2.05, 4.69) is 48.6 Å². The van der Waals surface area contributed by atoms with Crippen molar-refractivity contribution in [1.29, 1.82) is 0 Å². The highest BCUT2D eigenvalue weighted by molar-refractivity contribution is 6.09. The van der Waals surface area contributed by atoms with Gasteiger partial charge >= 0.3 is 0 Å². The van der Waals surface area contributed by atoms with Gasteiger partial charge in [0.1, 0.15) is 5.52 Å². The topological polar surface area (TPSA) is 127 Å². The number of H-pyrrole nitrogens is 1.